The highest BCUT2D eigenvalue weighted by molar-refractivity contribution is 9.10. The van der Waals surface area contributed by atoms with E-state index in [4.69, 9.17) is 0 Å². The molecule has 2 saturated heterocycles. The van der Waals surface area contributed by atoms with E-state index < -0.39 is 0 Å². The van der Waals surface area contributed by atoms with Crippen LogP contribution in [0.3, 0.4) is 0 Å². The Hall–Kier alpha value is -0.460. The average Bonchev–Trinajstić information content (AvgIpc) is 2.81. The highest BCUT2D eigenvalue weighted by Gasteiger charge is 2.42. The molecule has 0 amide bonds. The van der Waals surface area contributed by atoms with Crippen molar-refractivity contribution >= 4 is 15.9 Å². The van der Waals surface area contributed by atoms with Crippen LogP contribution >= 0.6 is 15.9 Å². The fraction of sp³-hybridized carbons (Fsp3) is 0.846. The van der Waals surface area contributed by atoms with Crippen molar-refractivity contribution in [3.8, 4) is 0 Å². The number of aryl methyl sites for hydroxylation is 1. The van der Waals surface area contributed by atoms with Crippen molar-refractivity contribution in [1.82, 2.24) is 25.2 Å². The number of aromatic nitrogens is 3. The summed E-state index contributed by atoms with van der Waals surface area (Å²) in [6, 6.07) is 1.87. The summed E-state index contributed by atoms with van der Waals surface area (Å²) >= 11 is 3.54. The van der Waals surface area contributed by atoms with Crippen molar-refractivity contribution in [2.75, 3.05) is 14.1 Å². The van der Waals surface area contributed by atoms with E-state index in [1.54, 1.807) is 0 Å². The van der Waals surface area contributed by atoms with Crippen LogP contribution < -0.4 is 5.32 Å². The van der Waals surface area contributed by atoms with Gasteiger partial charge in [-0.25, -0.2) is 4.68 Å². The minimum Gasteiger partial charge on any atom is -0.311 e. The summed E-state index contributed by atoms with van der Waals surface area (Å²) in [5.41, 5.74) is 1.18. The fourth-order valence-corrected chi connectivity index (χ4v) is 4.56. The molecule has 2 aliphatic rings. The first-order valence-electron chi connectivity index (χ1n) is 7.06. The number of hydrogen-bond acceptors (Lipinski definition) is 4. The Morgan fingerprint density at radius 2 is 1.89 bits per heavy atom. The molecule has 0 radical (unpaired) electrons. The maximum absolute atomic E-state index is 4.13. The highest BCUT2D eigenvalue weighted by atomic mass is 79.9. The Balaban J connectivity index is 1.84. The maximum Gasteiger partial charge on any atom is 0.153 e. The summed E-state index contributed by atoms with van der Waals surface area (Å²) in [6.07, 6.45) is 5.27. The van der Waals surface area contributed by atoms with Crippen molar-refractivity contribution in [3.05, 3.63) is 10.3 Å². The lowest BCUT2D eigenvalue weighted by atomic mass is 9.84. The van der Waals surface area contributed by atoms with Crippen LogP contribution in [0.4, 0.5) is 0 Å². The molecule has 6 heteroatoms. The molecule has 2 aliphatic heterocycles. The van der Waals surface area contributed by atoms with E-state index >= 15 is 0 Å². The van der Waals surface area contributed by atoms with Gasteiger partial charge in [-0.05, 0) is 61.6 Å². The van der Waals surface area contributed by atoms with Gasteiger partial charge in [0.2, 0.25) is 0 Å². The van der Waals surface area contributed by atoms with Gasteiger partial charge in [-0.15, -0.1) is 5.10 Å². The Morgan fingerprint density at radius 3 is 2.37 bits per heavy atom. The number of nitrogens with one attached hydrogen (secondary N) is 1. The van der Waals surface area contributed by atoms with Crippen molar-refractivity contribution < 1.29 is 0 Å². The molecule has 2 fully saturated rings. The number of rotatable bonds is 3. The van der Waals surface area contributed by atoms with Crippen molar-refractivity contribution in [1.29, 1.82) is 0 Å². The van der Waals surface area contributed by atoms with E-state index in [1.807, 2.05) is 18.8 Å². The lowest BCUT2D eigenvalue weighted by Gasteiger charge is -2.39. The van der Waals surface area contributed by atoms with Gasteiger partial charge in [0.05, 0.1) is 11.7 Å². The second kappa shape index (κ2) is 5.14. The van der Waals surface area contributed by atoms with Gasteiger partial charge >= 0.3 is 0 Å². The molecule has 5 nitrogen and oxygen atoms in total. The molecule has 1 aromatic heterocycles. The monoisotopic (exact) mass is 327 g/mol. The molecule has 0 aliphatic carbocycles. The topological polar surface area (TPSA) is 46.0 Å². The summed E-state index contributed by atoms with van der Waals surface area (Å²) in [7, 11) is 6.31. The molecule has 2 bridgehead atoms. The van der Waals surface area contributed by atoms with Gasteiger partial charge in [0.15, 0.2) is 4.60 Å². The van der Waals surface area contributed by atoms with Crippen LogP contribution in [0.25, 0.3) is 0 Å². The van der Waals surface area contributed by atoms with Crippen LogP contribution in [0, 0.1) is 5.92 Å². The van der Waals surface area contributed by atoms with E-state index in [0.717, 1.165) is 16.7 Å². The number of fused-ring (bicyclic) bond motifs is 2. The predicted molar refractivity (Wildman–Crippen MR) is 77.8 cm³/mol. The van der Waals surface area contributed by atoms with Gasteiger partial charge in [0.25, 0.3) is 0 Å². The lowest BCUT2D eigenvalue weighted by molar-refractivity contribution is 0.112. The molecular formula is C13H22BrN5. The summed E-state index contributed by atoms with van der Waals surface area (Å²) in [5.74, 6) is 0.673. The first kappa shape index (κ1) is 13.5. The van der Waals surface area contributed by atoms with Crippen molar-refractivity contribution in [3.63, 3.8) is 0 Å². The van der Waals surface area contributed by atoms with Crippen molar-refractivity contribution in [2.24, 2.45) is 13.0 Å². The molecule has 0 aromatic carbocycles. The molecule has 106 valence electrons. The Kier molecular flexibility index (Phi) is 3.66. The average molecular weight is 328 g/mol. The molecule has 0 spiro atoms. The Labute approximate surface area is 122 Å². The van der Waals surface area contributed by atoms with E-state index in [2.05, 4.69) is 43.5 Å². The Bertz CT molecular complexity index is 426. The summed E-state index contributed by atoms with van der Waals surface area (Å²) in [4.78, 5) is 2.58. The van der Waals surface area contributed by atoms with Gasteiger partial charge in [-0.1, -0.05) is 5.21 Å². The Morgan fingerprint density at radius 1 is 1.26 bits per heavy atom. The normalized spacial score (nSPS) is 32.7. The van der Waals surface area contributed by atoms with Crippen LogP contribution in [0.15, 0.2) is 4.60 Å². The van der Waals surface area contributed by atoms with E-state index in [0.29, 0.717) is 12.0 Å². The molecule has 19 heavy (non-hydrogen) atoms. The quantitative estimate of drug-likeness (QED) is 0.918. The number of halogens is 1. The summed E-state index contributed by atoms with van der Waals surface area (Å²) < 4.78 is 2.77. The van der Waals surface area contributed by atoms with Gasteiger partial charge in [-0.2, -0.15) is 0 Å². The highest BCUT2D eigenvalue weighted by Crippen LogP contribution is 2.43. The third kappa shape index (κ3) is 2.23. The minimum absolute atomic E-state index is 0.339. The second-order valence-electron chi connectivity index (χ2n) is 5.94. The molecule has 3 atom stereocenters. The molecular weight excluding hydrogens is 306 g/mol. The van der Waals surface area contributed by atoms with Crippen LogP contribution in [0.1, 0.15) is 37.4 Å². The second-order valence-corrected chi connectivity index (χ2v) is 6.69. The van der Waals surface area contributed by atoms with Crippen molar-refractivity contribution in [2.45, 2.75) is 43.8 Å². The van der Waals surface area contributed by atoms with Gasteiger partial charge < -0.3 is 10.2 Å². The molecule has 1 aromatic rings. The molecule has 3 heterocycles. The zero-order valence-electron chi connectivity index (χ0n) is 11.8. The molecule has 1 N–H and O–H groups in total. The third-order valence-electron chi connectivity index (χ3n) is 5.04. The van der Waals surface area contributed by atoms with Crippen LogP contribution in [0.5, 0.6) is 0 Å². The first-order chi connectivity index (χ1) is 9.11. The first-order valence-corrected chi connectivity index (χ1v) is 7.85. The zero-order chi connectivity index (χ0) is 13.6. The summed E-state index contributed by atoms with van der Waals surface area (Å²) in [6.45, 7) is 0. The third-order valence-corrected chi connectivity index (χ3v) is 5.60. The van der Waals surface area contributed by atoms with Gasteiger partial charge in [0, 0.05) is 19.1 Å². The van der Waals surface area contributed by atoms with Gasteiger partial charge in [0.1, 0.15) is 0 Å². The zero-order valence-corrected chi connectivity index (χ0v) is 13.4. The molecule has 3 unspecified atom stereocenters. The van der Waals surface area contributed by atoms with Crippen LogP contribution in [-0.2, 0) is 7.05 Å². The minimum atomic E-state index is 0.339. The van der Waals surface area contributed by atoms with Crippen LogP contribution in [-0.4, -0.2) is 46.1 Å². The molecule has 3 rings (SSSR count). The number of piperidine rings is 1. The van der Waals surface area contributed by atoms with Gasteiger partial charge in [-0.3, -0.25) is 0 Å². The molecule has 0 saturated carbocycles. The lowest BCUT2D eigenvalue weighted by Crippen LogP contribution is -2.43. The van der Waals surface area contributed by atoms with Crippen LogP contribution in [0.2, 0.25) is 0 Å². The number of hydrogen-bond donors (Lipinski definition) is 1. The predicted octanol–water partition coefficient (Wildman–Crippen LogP) is 1.71. The maximum atomic E-state index is 4.13. The standard InChI is InChI=1S/C13H22BrN5/c1-15-11(12-13(14)16-17-19(12)3)8-6-9-4-5-10(7-8)18(9)2/h8-11,15H,4-7H2,1-3H3. The van der Waals surface area contributed by atoms with E-state index in [9.17, 15) is 0 Å². The largest absolute Gasteiger partial charge is 0.311 e. The van der Waals surface area contributed by atoms with E-state index in [-0.39, 0.29) is 0 Å². The smallest absolute Gasteiger partial charge is 0.153 e. The summed E-state index contributed by atoms with van der Waals surface area (Å²) in [5, 5.41) is 11.7. The fourth-order valence-electron chi connectivity index (χ4n) is 3.99. The van der Waals surface area contributed by atoms with E-state index in [1.165, 1.54) is 31.4 Å². The SMILES string of the molecule is CNC(c1c(Br)nnn1C)C1CC2CCC(C1)N2C. The number of nitrogens with zero attached hydrogens (tertiary/aromatic N) is 4.